The van der Waals surface area contributed by atoms with Crippen LogP contribution in [0.1, 0.15) is 18.7 Å². The Hall–Kier alpha value is -1.79. The molecule has 1 heterocycles. The maximum absolute atomic E-state index is 6.09. The second-order valence-corrected chi connectivity index (χ2v) is 5.72. The zero-order valence-corrected chi connectivity index (χ0v) is 14.3. The van der Waals surface area contributed by atoms with E-state index in [4.69, 9.17) is 15.2 Å². The zero-order valence-electron chi connectivity index (χ0n) is 12.7. The van der Waals surface area contributed by atoms with Crippen molar-refractivity contribution in [3.63, 3.8) is 0 Å². The highest BCUT2D eigenvalue weighted by atomic mass is 79.9. The molecule has 1 atom stereocenters. The van der Waals surface area contributed by atoms with Crippen molar-refractivity contribution in [1.29, 1.82) is 0 Å². The minimum atomic E-state index is -0.183. The van der Waals surface area contributed by atoms with Gasteiger partial charge in [0.2, 0.25) is 0 Å². The fraction of sp³-hybridized carbons (Fsp3) is 0.312. The van der Waals surface area contributed by atoms with Crippen molar-refractivity contribution in [2.24, 2.45) is 0 Å². The van der Waals surface area contributed by atoms with Crippen molar-refractivity contribution in [2.75, 3.05) is 31.3 Å². The number of ether oxygens (including phenoxy) is 2. The number of benzene rings is 1. The van der Waals surface area contributed by atoms with E-state index in [9.17, 15) is 0 Å². The van der Waals surface area contributed by atoms with Gasteiger partial charge in [-0.1, -0.05) is 22.0 Å². The highest BCUT2D eigenvalue weighted by molar-refractivity contribution is 9.10. The molecule has 0 aliphatic heterocycles. The molecule has 0 aliphatic carbocycles. The molecular formula is C16H20BrN3O2. The molecule has 0 fully saturated rings. The van der Waals surface area contributed by atoms with E-state index >= 15 is 0 Å². The second-order valence-electron chi connectivity index (χ2n) is 4.80. The van der Waals surface area contributed by atoms with Crippen LogP contribution < -0.4 is 15.8 Å². The largest absolute Gasteiger partial charge is 0.482 e. The lowest BCUT2D eigenvalue weighted by atomic mass is 10.2. The van der Waals surface area contributed by atoms with Gasteiger partial charge in [0.05, 0.1) is 18.0 Å². The summed E-state index contributed by atoms with van der Waals surface area (Å²) in [5.41, 5.74) is 8.34. The van der Waals surface area contributed by atoms with Crippen molar-refractivity contribution in [3.05, 3.63) is 46.7 Å². The van der Waals surface area contributed by atoms with Crippen molar-refractivity contribution in [3.8, 4) is 5.75 Å². The van der Waals surface area contributed by atoms with Gasteiger partial charge >= 0.3 is 0 Å². The first-order valence-electron chi connectivity index (χ1n) is 7.01. The van der Waals surface area contributed by atoms with Crippen LogP contribution in [0.4, 0.5) is 11.4 Å². The fourth-order valence-electron chi connectivity index (χ4n) is 2.03. The molecule has 0 bridgehead atoms. The number of anilines is 2. The lowest BCUT2D eigenvalue weighted by Gasteiger charge is -2.19. The molecule has 2 aromatic rings. The number of pyridine rings is 1. The number of methoxy groups -OCH3 is 1. The Morgan fingerprint density at radius 2 is 2.18 bits per heavy atom. The van der Waals surface area contributed by atoms with Crippen LogP contribution in [0.5, 0.6) is 5.75 Å². The van der Waals surface area contributed by atoms with Crippen LogP contribution in [0.25, 0.3) is 0 Å². The minimum Gasteiger partial charge on any atom is -0.482 e. The minimum absolute atomic E-state index is 0.183. The Kier molecular flexibility index (Phi) is 6.03. The highest BCUT2D eigenvalue weighted by Crippen LogP contribution is 2.36. The monoisotopic (exact) mass is 365 g/mol. The molecule has 0 spiro atoms. The highest BCUT2D eigenvalue weighted by Gasteiger charge is 2.14. The fourth-order valence-corrected chi connectivity index (χ4v) is 2.48. The number of aromatic nitrogens is 1. The number of nitrogens with one attached hydrogen (secondary N) is 1. The van der Waals surface area contributed by atoms with E-state index in [0.717, 1.165) is 15.9 Å². The van der Waals surface area contributed by atoms with Gasteiger partial charge in [-0.25, -0.2) is 0 Å². The Morgan fingerprint density at radius 1 is 1.36 bits per heavy atom. The van der Waals surface area contributed by atoms with Gasteiger partial charge in [-0.3, -0.25) is 4.98 Å². The van der Waals surface area contributed by atoms with Gasteiger partial charge in [0.1, 0.15) is 17.5 Å². The van der Waals surface area contributed by atoms with Crippen molar-refractivity contribution in [1.82, 2.24) is 4.98 Å². The number of nitrogens with zero attached hydrogens (tertiary/aromatic N) is 1. The molecule has 2 rings (SSSR count). The molecule has 0 saturated carbocycles. The summed E-state index contributed by atoms with van der Waals surface area (Å²) in [6, 6.07) is 9.49. The Bertz CT molecular complexity index is 608. The van der Waals surface area contributed by atoms with E-state index in [1.807, 2.05) is 37.3 Å². The van der Waals surface area contributed by atoms with E-state index in [1.54, 1.807) is 13.3 Å². The van der Waals surface area contributed by atoms with Gasteiger partial charge in [-0.05, 0) is 31.2 Å². The standard InChI is InChI=1S/C16H20BrN3O2/c1-11(14-5-3-4-6-19-14)22-15-10-12(17)9-13(18)16(15)20-7-8-21-2/h3-6,9-11,20H,7-8,18H2,1-2H3/t11-/m1/s1. The molecule has 5 nitrogen and oxygen atoms in total. The summed E-state index contributed by atoms with van der Waals surface area (Å²) in [6.45, 7) is 3.19. The molecule has 0 aliphatic rings. The molecule has 6 heteroatoms. The lowest BCUT2D eigenvalue weighted by Crippen LogP contribution is -2.12. The van der Waals surface area contributed by atoms with Crippen LogP contribution in [0, 0.1) is 0 Å². The van der Waals surface area contributed by atoms with E-state index in [0.29, 0.717) is 24.6 Å². The molecule has 22 heavy (non-hydrogen) atoms. The predicted octanol–water partition coefficient (Wildman–Crippen LogP) is 3.62. The van der Waals surface area contributed by atoms with Crippen molar-refractivity contribution in [2.45, 2.75) is 13.0 Å². The predicted molar refractivity (Wildman–Crippen MR) is 92.2 cm³/mol. The first kappa shape index (κ1) is 16.6. The van der Waals surface area contributed by atoms with Crippen LogP contribution >= 0.6 is 15.9 Å². The van der Waals surface area contributed by atoms with Crippen molar-refractivity contribution < 1.29 is 9.47 Å². The van der Waals surface area contributed by atoms with Crippen LogP contribution in [0.2, 0.25) is 0 Å². The van der Waals surface area contributed by atoms with Gasteiger partial charge in [0.25, 0.3) is 0 Å². The van der Waals surface area contributed by atoms with Gasteiger partial charge < -0.3 is 20.5 Å². The summed E-state index contributed by atoms with van der Waals surface area (Å²) < 4.78 is 12.0. The van der Waals surface area contributed by atoms with Crippen LogP contribution in [-0.2, 0) is 4.74 Å². The molecule has 0 saturated heterocycles. The van der Waals surface area contributed by atoms with Gasteiger partial charge in [-0.15, -0.1) is 0 Å². The van der Waals surface area contributed by atoms with E-state index < -0.39 is 0 Å². The number of hydrogen-bond acceptors (Lipinski definition) is 5. The van der Waals surface area contributed by atoms with Gasteiger partial charge in [0.15, 0.2) is 0 Å². The number of nitrogens with two attached hydrogens (primary N) is 1. The summed E-state index contributed by atoms with van der Waals surface area (Å²) in [4.78, 5) is 4.32. The molecule has 0 radical (unpaired) electrons. The third-order valence-electron chi connectivity index (χ3n) is 3.11. The van der Waals surface area contributed by atoms with Crippen molar-refractivity contribution >= 4 is 27.3 Å². The Balaban J connectivity index is 2.21. The normalized spacial score (nSPS) is 12.0. The Morgan fingerprint density at radius 3 is 2.86 bits per heavy atom. The second kappa shape index (κ2) is 8.00. The third-order valence-corrected chi connectivity index (χ3v) is 3.57. The SMILES string of the molecule is COCCNc1c(N)cc(Br)cc1O[C@H](C)c1ccccn1. The summed E-state index contributed by atoms with van der Waals surface area (Å²) in [6.07, 6.45) is 1.57. The van der Waals surface area contributed by atoms with E-state index in [-0.39, 0.29) is 6.10 Å². The first-order valence-corrected chi connectivity index (χ1v) is 7.80. The maximum atomic E-state index is 6.09. The quantitative estimate of drug-likeness (QED) is 0.579. The summed E-state index contributed by atoms with van der Waals surface area (Å²) in [7, 11) is 1.66. The van der Waals surface area contributed by atoms with E-state index in [1.165, 1.54) is 0 Å². The number of nitrogen functional groups attached to an aromatic ring is 1. The van der Waals surface area contributed by atoms with Gasteiger partial charge in [-0.2, -0.15) is 0 Å². The average molecular weight is 366 g/mol. The topological polar surface area (TPSA) is 69.4 Å². The van der Waals surface area contributed by atoms with Crippen LogP contribution in [-0.4, -0.2) is 25.2 Å². The molecule has 0 amide bonds. The molecule has 0 unspecified atom stereocenters. The average Bonchev–Trinajstić information content (AvgIpc) is 2.50. The molecule has 1 aromatic carbocycles. The van der Waals surface area contributed by atoms with Gasteiger partial charge in [0, 0.05) is 24.3 Å². The summed E-state index contributed by atoms with van der Waals surface area (Å²) >= 11 is 3.45. The molecule has 1 aromatic heterocycles. The number of rotatable bonds is 7. The van der Waals surface area contributed by atoms with E-state index in [2.05, 4.69) is 26.2 Å². The van der Waals surface area contributed by atoms with Crippen LogP contribution in [0.3, 0.4) is 0 Å². The molecule has 118 valence electrons. The molecule has 3 N–H and O–H groups in total. The third kappa shape index (κ3) is 4.35. The first-order chi connectivity index (χ1) is 10.6. The number of hydrogen-bond donors (Lipinski definition) is 2. The van der Waals surface area contributed by atoms with Crippen LogP contribution in [0.15, 0.2) is 41.0 Å². The summed E-state index contributed by atoms with van der Waals surface area (Å²) in [5.74, 6) is 0.682. The Labute approximate surface area is 139 Å². The number of halogens is 1. The molecular weight excluding hydrogens is 346 g/mol. The summed E-state index contributed by atoms with van der Waals surface area (Å²) in [5, 5.41) is 3.25. The lowest BCUT2D eigenvalue weighted by molar-refractivity contribution is 0.209. The zero-order chi connectivity index (χ0) is 15.9. The smallest absolute Gasteiger partial charge is 0.146 e. The maximum Gasteiger partial charge on any atom is 0.146 e.